The molecule has 3 nitrogen and oxygen atoms in total. The molecule has 0 aliphatic carbocycles. The van der Waals surface area contributed by atoms with Gasteiger partial charge < -0.3 is 4.90 Å². The third-order valence-corrected chi connectivity index (χ3v) is 1.33. The quantitative estimate of drug-likeness (QED) is 0.520. The van der Waals surface area contributed by atoms with E-state index >= 15 is 0 Å². The van der Waals surface area contributed by atoms with E-state index in [1.807, 2.05) is 13.8 Å². The maximum atomic E-state index is 10.8. The first kappa shape index (κ1) is 10.1. The van der Waals surface area contributed by atoms with Crippen LogP contribution in [0.2, 0.25) is 0 Å². The second-order valence-electron chi connectivity index (χ2n) is 2.13. The standard InChI is InChI=1S/C6H10N2O.C2H6/c1-8-5-7-4-2-3-6(8)9;1-2/h5H,2-4H2,1H3;1-2H3. The van der Waals surface area contributed by atoms with Crippen molar-refractivity contribution < 1.29 is 4.79 Å². The maximum Gasteiger partial charge on any atom is 0.227 e. The lowest BCUT2D eigenvalue weighted by atomic mass is 10.3. The average Bonchev–Trinajstić information content (AvgIpc) is 2.22. The van der Waals surface area contributed by atoms with E-state index in [4.69, 9.17) is 0 Å². The number of hydrogen-bond donors (Lipinski definition) is 0. The molecule has 0 aromatic carbocycles. The first-order chi connectivity index (χ1) is 5.30. The summed E-state index contributed by atoms with van der Waals surface area (Å²) in [6.45, 7) is 4.79. The van der Waals surface area contributed by atoms with Gasteiger partial charge in [0.15, 0.2) is 0 Å². The molecule has 0 N–H and O–H groups in total. The Morgan fingerprint density at radius 2 is 2.18 bits per heavy atom. The number of carbonyl (C=O) groups excluding carboxylic acids is 1. The largest absolute Gasteiger partial charge is 0.306 e. The summed E-state index contributed by atoms with van der Waals surface area (Å²) in [5.74, 6) is 0.163. The molecule has 1 heterocycles. The molecule has 0 atom stereocenters. The van der Waals surface area contributed by atoms with Gasteiger partial charge in [0, 0.05) is 20.0 Å². The van der Waals surface area contributed by atoms with Crippen molar-refractivity contribution in [1.82, 2.24) is 4.90 Å². The number of carbonyl (C=O) groups is 1. The van der Waals surface area contributed by atoms with Gasteiger partial charge in [0.25, 0.3) is 0 Å². The minimum Gasteiger partial charge on any atom is -0.306 e. The van der Waals surface area contributed by atoms with Crippen LogP contribution in [0.5, 0.6) is 0 Å². The molecule has 64 valence electrons. The van der Waals surface area contributed by atoms with Crippen molar-refractivity contribution >= 4 is 12.2 Å². The molecule has 1 rings (SSSR count). The lowest BCUT2D eigenvalue weighted by Gasteiger charge is -2.05. The van der Waals surface area contributed by atoms with Crippen molar-refractivity contribution in [2.45, 2.75) is 26.7 Å². The first-order valence-electron chi connectivity index (χ1n) is 4.06. The molecule has 1 aliphatic rings. The van der Waals surface area contributed by atoms with Gasteiger partial charge >= 0.3 is 0 Å². The van der Waals surface area contributed by atoms with Crippen molar-refractivity contribution in [2.75, 3.05) is 13.6 Å². The molecule has 0 bridgehead atoms. The van der Waals surface area contributed by atoms with Crippen molar-refractivity contribution in [3.8, 4) is 0 Å². The molecule has 0 aromatic heterocycles. The highest BCUT2D eigenvalue weighted by Crippen LogP contribution is 1.97. The Morgan fingerprint density at radius 1 is 1.55 bits per heavy atom. The minimum atomic E-state index is 0.163. The van der Waals surface area contributed by atoms with Crippen LogP contribution in [0.4, 0.5) is 0 Å². The third-order valence-electron chi connectivity index (χ3n) is 1.33. The molecule has 11 heavy (non-hydrogen) atoms. The van der Waals surface area contributed by atoms with Gasteiger partial charge in [-0.2, -0.15) is 0 Å². The van der Waals surface area contributed by atoms with Gasteiger partial charge in [-0.1, -0.05) is 13.8 Å². The summed E-state index contributed by atoms with van der Waals surface area (Å²) in [4.78, 5) is 16.4. The number of amides is 1. The van der Waals surface area contributed by atoms with Gasteiger partial charge in [-0.3, -0.25) is 9.79 Å². The summed E-state index contributed by atoms with van der Waals surface area (Å²) >= 11 is 0. The molecular weight excluding hydrogens is 140 g/mol. The molecular formula is C8H16N2O. The highest BCUT2D eigenvalue weighted by molar-refractivity contribution is 5.87. The van der Waals surface area contributed by atoms with Crippen molar-refractivity contribution in [2.24, 2.45) is 4.99 Å². The van der Waals surface area contributed by atoms with Crippen LogP contribution < -0.4 is 0 Å². The highest BCUT2D eigenvalue weighted by Gasteiger charge is 2.07. The van der Waals surface area contributed by atoms with E-state index in [2.05, 4.69) is 4.99 Å². The molecule has 3 heteroatoms. The van der Waals surface area contributed by atoms with Crippen LogP contribution in [-0.4, -0.2) is 30.7 Å². The van der Waals surface area contributed by atoms with Crippen molar-refractivity contribution in [3.63, 3.8) is 0 Å². The van der Waals surface area contributed by atoms with Crippen LogP contribution in [0, 0.1) is 0 Å². The fourth-order valence-corrected chi connectivity index (χ4v) is 0.743. The average molecular weight is 156 g/mol. The Kier molecular flexibility index (Phi) is 5.43. The zero-order valence-electron chi connectivity index (χ0n) is 7.50. The smallest absolute Gasteiger partial charge is 0.227 e. The molecule has 0 fully saturated rings. The number of nitrogens with zero attached hydrogens (tertiary/aromatic N) is 2. The Labute approximate surface area is 68.1 Å². The third kappa shape index (κ3) is 3.75. The number of aliphatic imine (C=N–C) groups is 1. The highest BCUT2D eigenvalue weighted by atomic mass is 16.2. The summed E-state index contributed by atoms with van der Waals surface area (Å²) in [6.07, 6.45) is 3.12. The molecule has 0 unspecified atom stereocenters. The predicted molar refractivity (Wildman–Crippen MR) is 46.7 cm³/mol. The van der Waals surface area contributed by atoms with Gasteiger partial charge in [0.2, 0.25) is 5.91 Å². The normalized spacial score (nSPS) is 17.0. The predicted octanol–water partition coefficient (Wildman–Crippen LogP) is 1.29. The Hall–Kier alpha value is -0.860. The second kappa shape index (κ2) is 5.89. The SMILES string of the molecule is CC.CN1C=NCCCC1=O. The van der Waals surface area contributed by atoms with Gasteiger partial charge in [0.05, 0.1) is 6.34 Å². The molecule has 1 aliphatic heterocycles. The van der Waals surface area contributed by atoms with Crippen LogP contribution in [0.15, 0.2) is 4.99 Å². The van der Waals surface area contributed by atoms with E-state index < -0.39 is 0 Å². The fourth-order valence-electron chi connectivity index (χ4n) is 0.743. The Morgan fingerprint density at radius 3 is 2.82 bits per heavy atom. The molecule has 1 amide bonds. The molecule has 0 aromatic rings. The zero-order chi connectivity index (χ0) is 8.69. The molecule has 0 saturated carbocycles. The van der Waals surface area contributed by atoms with Crippen LogP contribution in [0.1, 0.15) is 26.7 Å². The van der Waals surface area contributed by atoms with E-state index in [0.29, 0.717) is 6.42 Å². The summed E-state index contributed by atoms with van der Waals surface area (Å²) < 4.78 is 0. The van der Waals surface area contributed by atoms with Gasteiger partial charge in [-0.05, 0) is 6.42 Å². The number of hydrogen-bond acceptors (Lipinski definition) is 2. The molecule has 0 spiro atoms. The van der Waals surface area contributed by atoms with Crippen LogP contribution in [-0.2, 0) is 4.79 Å². The van der Waals surface area contributed by atoms with Gasteiger partial charge in [-0.15, -0.1) is 0 Å². The van der Waals surface area contributed by atoms with E-state index in [9.17, 15) is 4.79 Å². The van der Waals surface area contributed by atoms with Crippen molar-refractivity contribution in [1.29, 1.82) is 0 Å². The van der Waals surface area contributed by atoms with Crippen LogP contribution in [0.3, 0.4) is 0 Å². The summed E-state index contributed by atoms with van der Waals surface area (Å²) in [5.41, 5.74) is 0. The van der Waals surface area contributed by atoms with Crippen LogP contribution >= 0.6 is 0 Å². The monoisotopic (exact) mass is 156 g/mol. The minimum absolute atomic E-state index is 0.163. The van der Waals surface area contributed by atoms with E-state index in [-0.39, 0.29) is 5.91 Å². The first-order valence-corrected chi connectivity index (χ1v) is 4.06. The molecule has 0 radical (unpaired) electrons. The summed E-state index contributed by atoms with van der Waals surface area (Å²) in [7, 11) is 1.73. The number of rotatable bonds is 0. The fraction of sp³-hybridized carbons (Fsp3) is 0.750. The summed E-state index contributed by atoms with van der Waals surface area (Å²) in [6, 6.07) is 0. The summed E-state index contributed by atoms with van der Waals surface area (Å²) in [5, 5.41) is 0. The van der Waals surface area contributed by atoms with Gasteiger partial charge in [0.1, 0.15) is 0 Å². The maximum absolute atomic E-state index is 10.8. The van der Waals surface area contributed by atoms with E-state index in [1.54, 1.807) is 13.4 Å². The second-order valence-corrected chi connectivity index (χ2v) is 2.13. The zero-order valence-corrected chi connectivity index (χ0v) is 7.50. The van der Waals surface area contributed by atoms with Gasteiger partial charge in [-0.25, -0.2) is 0 Å². The van der Waals surface area contributed by atoms with E-state index in [1.165, 1.54) is 4.90 Å². The van der Waals surface area contributed by atoms with Crippen LogP contribution in [0.25, 0.3) is 0 Å². The lowest BCUT2D eigenvalue weighted by Crippen LogP contribution is -2.22. The Bertz CT molecular complexity index is 143. The topological polar surface area (TPSA) is 32.7 Å². The van der Waals surface area contributed by atoms with E-state index in [0.717, 1.165) is 13.0 Å². The molecule has 0 saturated heterocycles. The Balaban J connectivity index is 0.000000461. The lowest BCUT2D eigenvalue weighted by molar-refractivity contribution is -0.126. The van der Waals surface area contributed by atoms with Crippen molar-refractivity contribution in [3.05, 3.63) is 0 Å².